The molecular weight excluding hydrogens is 333 g/mol. The SMILES string of the molecule is Cc1nc(C(=O)C[C@@H](c2ccc(C(F)(F)F)cc2)C2CC2)cc(=O)[nH]1. The van der Waals surface area contributed by atoms with Crippen molar-refractivity contribution in [2.75, 3.05) is 0 Å². The lowest BCUT2D eigenvalue weighted by Gasteiger charge is -2.17. The van der Waals surface area contributed by atoms with E-state index in [1.165, 1.54) is 12.1 Å². The van der Waals surface area contributed by atoms with Crippen molar-refractivity contribution in [1.29, 1.82) is 0 Å². The largest absolute Gasteiger partial charge is 0.416 e. The molecule has 1 aliphatic rings. The zero-order chi connectivity index (χ0) is 18.2. The normalized spacial score (nSPS) is 15.8. The van der Waals surface area contributed by atoms with Gasteiger partial charge in [0.1, 0.15) is 11.5 Å². The molecule has 132 valence electrons. The predicted octanol–water partition coefficient (Wildman–Crippen LogP) is 3.86. The van der Waals surface area contributed by atoms with Crippen LogP contribution in [0.2, 0.25) is 0 Å². The molecule has 0 aliphatic heterocycles. The quantitative estimate of drug-likeness (QED) is 0.833. The summed E-state index contributed by atoms with van der Waals surface area (Å²) in [6, 6.07) is 6.13. The first-order chi connectivity index (χ1) is 11.7. The number of benzene rings is 1. The number of alkyl halides is 3. The minimum Gasteiger partial charge on any atom is -0.311 e. The summed E-state index contributed by atoms with van der Waals surface area (Å²) in [5.74, 6) is 0.208. The Balaban J connectivity index is 1.82. The van der Waals surface area contributed by atoms with E-state index in [9.17, 15) is 22.8 Å². The van der Waals surface area contributed by atoms with Gasteiger partial charge in [0.25, 0.3) is 5.56 Å². The van der Waals surface area contributed by atoms with Gasteiger partial charge in [-0.3, -0.25) is 9.59 Å². The molecule has 1 N–H and O–H groups in total. The zero-order valence-corrected chi connectivity index (χ0v) is 13.6. The molecule has 4 nitrogen and oxygen atoms in total. The fraction of sp³-hybridized carbons (Fsp3) is 0.389. The standard InChI is InChI=1S/C18H17F3N2O2/c1-10-22-15(9-17(25)23-10)16(24)8-14(11-2-3-11)12-4-6-13(7-5-12)18(19,20)21/h4-7,9,11,14H,2-3,8H2,1H3,(H,22,23,25)/t14-/m1/s1. The van der Waals surface area contributed by atoms with Crippen LogP contribution in [0.5, 0.6) is 0 Å². The van der Waals surface area contributed by atoms with Crippen LogP contribution in [0.25, 0.3) is 0 Å². The van der Waals surface area contributed by atoms with Crippen LogP contribution in [0.4, 0.5) is 13.2 Å². The minimum atomic E-state index is -4.38. The fourth-order valence-corrected chi connectivity index (χ4v) is 3.00. The molecule has 0 spiro atoms. The van der Waals surface area contributed by atoms with Crippen LogP contribution < -0.4 is 5.56 Å². The second kappa shape index (κ2) is 6.46. The van der Waals surface area contributed by atoms with Gasteiger partial charge in [-0.1, -0.05) is 12.1 Å². The molecule has 1 fully saturated rings. The highest BCUT2D eigenvalue weighted by atomic mass is 19.4. The third-order valence-corrected chi connectivity index (χ3v) is 4.41. The maximum atomic E-state index is 12.7. The Kier molecular flexibility index (Phi) is 4.49. The summed E-state index contributed by atoms with van der Waals surface area (Å²) in [5, 5.41) is 0. The topological polar surface area (TPSA) is 62.8 Å². The van der Waals surface area contributed by atoms with Gasteiger partial charge in [0.15, 0.2) is 5.78 Å². The number of hydrogen-bond acceptors (Lipinski definition) is 3. The van der Waals surface area contributed by atoms with E-state index in [2.05, 4.69) is 9.97 Å². The van der Waals surface area contributed by atoms with E-state index in [1.807, 2.05) is 0 Å². The van der Waals surface area contributed by atoms with Gasteiger partial charge in [0.05, 0.1) is 5.56 Å². The fourth-order valence-electron chi connectivity index (χ4n) is 3.00. The Hall–Kier alpha value is -2.44. The lowest BCUT2D eigenvalue weighted by atomic mass is 9.88. The predicted molar refractivity (Wildman–Crippen MR) is 85.5 cm³/mol. The summed E-state index contributed by atoms with van der Waals surface area (Å²) < 4.78 is 38.1. The van der Waals surface area contributed by atoms with Gasteiger partial charge >= 0.3 is 6.18 Å². The van der Waals surface area contributed by atoms with Crippen molar-refractivity contribution in [3.63, 3.8) is 0 Å². The number of nitrogens with one attached hydrogen (secondary N) is 1. The van der Waals surface area contributed by atoms with Crippen LogP contribution in [-0.4, -0.2) is 15.8 Å². The zero-order valence-electron chi connectivity index (χ0n) is 13.6. The second-order valence-electron chi connectivity index (χ2n) is 6.41. The number of aromatic amines is 1. The van der Waals surface area contributed by atoms with Crippen molar-refractivity contribution in [1.82, 2.24) is 9.97 Å². The van der Waals surface area contributed by atoms with Crippen LogP contribution in [0, 0.1) is 12.8 Å². The van der Waals surface area contributed by atoms with Crippen molar-refractivity contribution in [2.24, 2.45) is 5.92 Å². The molecule has 1 saturated carbocycles. The molecule has 1 aromatic heterocycles. The summed E-state index contributed by atoms with van der Waals surface area (Å²) in [6.07, 6.45) is -2.36. The number of rotatable bonds is 5. The molecule has 7 heteroatoms. The van der Waals surface area contributed by atoms with E-state index in [-0.39, 0.29) is 29.7 Å². The molecule has 0 bridgehead atoms. The number of aryl methyl sites for hydroxylation is 1. The maximum Gasteiger partial charge on any atom is 0.416 e. The first-order valence-corrected chi connectivity index (χ1v) is 8.02. The van der Waals surface area contributed by atoms with Gasteiger partial charge in [0, 0.05) is 12.5 Å². The molecule has 1 aliphatic carbocycles. The first-order valence-electron chi connectivity index (χ1n) is 8.02. The van der Waals surface area contributed by atoms with E-state index < -0.39 is 17.3 Å². The van der Waals surface area contributed by atoms with Crippen LogP contribution in [0.1, 0.15) is 52.6 Å². The van der Waals surface area contributed by atoms with Crippen LogP contribution in [0.3, 0.4) is 0 Å². The van der Waals surface area contributed by atoms with Crippen molar-refractivity contribution in [2.45, 2.75) is 38.3 Å². The first kappa shape index (κ1) is 17.4. The maximum absolute atomic E-state index is 12.7. The molecule has 25 heavy (non-hydrogen) atoms. The number of Topliss-reactive ketones (excluding diaryl/α,β-unsaturated/α-hetero) is 1. The van der Waals surface area contributed by atoms with Gasteiger partial charge in [0.2, 0.25) is 0 Å². The van der Waals surface area contributed by atoms with Gasteiger partial charge in [-0.2, -0.15) is 13.2 Å². The monoisotopic (exact) mass is 350 g/mol. The molecule has 0 radical (unpaired) electrons. The summed E-state index contributed by atoms with van der Waals surface area (Å²) in [7, 11) is 0. The Labute approximate surface area is 142 Å². The van der Waals surface area contributed by atoms with Gasteiger partial charge in [-0.25, -0.2) is 4.98 Å². The summed E-state index contributed by atoms with van der Waals surface area (Å²) in [4.78, 5) is 30.5. The highest BCUT2D eigenvalue weighted by Crippen LogP contribution is 2.45. The minimum absolute atomic E-state index is 0.0961. The highest BCUT2D eigenvalue weighted by molar-refractivity contribution is 5.94. The van der Waals surface area contributed by atoms with Gasteiger partial charge in [-0.15, -0.1) is 0 Å². The molecule has 0 amide bonds. The molecule has 3 rings (SSSR count). The van der Waals surface area contributed by atoms with E-state index in [0.29, 0.717) is 11.4 Å². The molecular formula is C18H17F3N2O2. The summed E-state index contributed by atoms with van der Waals surface area (Å²) in [6.45, 7) is 1.59. The Morgan fingerprint density at radius 3 is 2.44 bits per heavy atom. The average Bonchev–Trinajstić information content (AvgIpc) is 3.35. The van der Waals surface area contributed by atoms with E-state index in [0.717, 1.165) is 31.0 Å². The molecule has 0 unspecified atom stereocenters. The molecule has 0 saturated heterocycles. The molecule has 1 aromatic carbocycles. The third kappa shape index (κ3) is 4.15. The van der Waals surface area contributed by atoms with Crippen molar-refractivity contribution in [3.05, 3.63) is 63.3 Å². The van der Waals surface area contributed by atoms with Crippen molar-refractivity contribution in [3.8, 4) is 0 Å². The van der Waals surface area contributed by atoms with E-state index >= 15 is 0 Å². The number of hydrogen-bond donors (Lipinski definition) is 1. The Morgan fingerprint density at radius 2 is 1.92 bits per heavy atom. The molecule has 1 atom stereocenters. The van der Waals surface area contributed by atoms with Gasteiger partial charge in [-0.05, 0) is 49.3 Å². The van der Waals surface area contributed by atoms with Crippen LogP contribution in [-0.2, 0) is 6.18 Å². The lowest BCUT2D eigenvalue weighted by Crippen LogP contribution is -2.17. The number of ketones is 1. The number of halogens is 3. The number of carbonyl (C=O) groups is 1. The van der Waals surface area contributed by atoms with E-state index in [1.54, 1.807) is 6.92 Å². The lowest BCUT2D eigenvalue weighted by molar-refractivity contribution is -0.137. The van der Waals surface area contributed by atoms with Crippen LogP contribution >= 0.6 is 0 Å². The number of carbonyl (C=O) groups excluding carboxylic acids is 1. The second-order valence-corrected chi connectivity index (χ2v) is 6.41. The van der Waals surface area contributed by atoms with Crippen LogP contribution in [0.15, 0.2) is 35.1 Å². The molecule has 1 heterocycles. The smallest absolute Gasteiger partial charge is 0.311 e. The third-order valence-electron chi connectivity index (χ3n) is 4.41. The average molecular weight is 350 g/mol. The Morgan fingerprint density at radius 1 is 1.28 bits per heavy atom. The number of nitrogens with zero attached hydrogens (tertiary/aromatic N) is 1. The summed E-state index contributed by atoms with van der Waals surface area (Å²) >= 11 is 0. The Bertz CT molecular complexity index is 837. The highest BCUT2D eigenvalue weighted by Gasteiger charge is 2.35. The number of aromatic nitrogens is 2. The van der Waals surface area contributed by atoms with Gasteiger partial charge < -0.3 is 4.98 Å². The summed E-state index contributed by atoms with van der Waals surface area (Å²) in [5.41, 5.74) is -0.290. The van der Waals surface area contributed by atoms with E-state index in [4.69, 9.17) is 0 Å². The van der Waals surface area contributed by atoms with Crippen molar-refractivity contribution >= 4 is 5.78 Å². The number of H-pyrrole nitrogens is 1. The van der Waals surface area contributed by atoms with Crippen molar-refractivity contribution < 1.29 is 18.0 Å². The molecule has 2 aromatic rings.